The molecule has 4 N–H and O–H groups in total. The third-order valence-electron chi connectivity index (χ3n) is 6.60. The van der Waals surface area contributed by atoms with E-state index in [9.17, 15) is 36.2 Å². The van der Waals surface area contributed by atoms with Crippen LogP contribution in [0.1, 0.15) is 37.9 Å². The maximum Gasteiger partial charge on any atom is 0.417 e. The monoisotopic (exact) mass is 521 g/mol. The molecular weight excluding hydrogens is 496 g/mol. The Morgan fingerprint density at radius 2 is 1.92 bits per heavy atom. The fourth-order valence-corrected chi connectivity index (χ4v) is 4.17. The molecule has 1 saturated heterocycles. The van der Waals surface area contributed by atoms with E-state index in [0.717, 1.165) is 39.3 Å². The molecular formula is C23H25F6N3O4. The molecule has 2 aromatic rings. The minimum Gasteiger partial charge on any atom is -0.493 e. The number of hydrogen-bond donors (Lipinski definition) is 3. The molecule has 198 valence electrons. The van der Waals surface area contributed by atoms with E-state index < -0.39 is 76.7 Å². The number of nitrogens with zero attached hydrogens (tertiary/aromatic N) is 1. The van der Waals surface area contributed by atoms with Crippen LogP contribution >= 0.6 is 0 Å². The van der Waals surface area contributed by atoms with Crippen LogP contribution in [0.3, 0.4) is 0 Å². The summed E-state index contributed by atoms with van der Waals surface area (Å²) in [6, 6.07) is 2.73. The Hall–Kier alpha value is -2.90. The van der Waals surface area contributed by atoms with Crippen LogP contribution in [0.15, 0.2) is 24.4 Å². The summed E-state index contributed by atoms with van der Waals surface area (Å²) in [6.45, 7) is 2.69. The van der Waals surface area contributed by atoms with Gasteiger partial charge < -0.3 is 25.6 Å². The Morgan fingerprint density at radius 1 is 1.28 bits per heavy atom. The fraction of sp³-hybridized carbons (Fsp3) is 0.478. The number of pyridine rings is 1. The van der Waals surface area contributed by atoms with Crippen molar-refractivity contribution in [2.75, 3.05) is 19.0 Å². The van der Waals surface area contributed by atoms with E-state index in [4.69, 9.17) is 15.2 Å². The number of ether oxygens (including phenoxy) is 2. The number of carbonyl (C=O) groups excluding carboxylic acids is 1. The first-order chi connectivity index (χ1) is 16.6. The number of benzene rings is 1. The van der Waals surface area contributed by atoms with Gasteiger partial charge in [0.15, 0.2) is 23.0 Å². The van der Waals surface area contributed by atoms with E-state index in [1.807, 2.05) is 0 Å². The SMILES string of the molecule is COc1c([C@H]2[C@H](C(=O)Nc3cc(C(C)(N)CO)ncc3F)O[C@@](C)(C(F)(F)F)[C@H]2C)ccc(F)c1F. The number of hydrogen-bond acceptors (Lipinski definition) is 6. The van der Waals surface area contributed by atoms with Gasteiger partial charge in [0.05, 0.1) is 36.8 Å². The van der Waals surface area contributed by atoms with Crippen LogP contribution < -0.4 is 15.8 Å². The van der Waals surface area contributed by atoms with Gasteiger partial charge in [-0.25, -0.2) is 8.78 Å². The van der Waals surface area contributed by atoms with Crippen molar-refractivity contribution >= 4 is 11.6 Å². The second-order valence-corrected chi connectivity index (χ2v) is 9.06. The molecule has 1 aromatic carbocycles. The normalized spacial score (nSPS) is 25.9. The average molecular weight is 521 g/mol. The Morgan fingerprint density at radius 3 is 2.47 bits per heavy atom. The highest BCUT2D eigenvalue weighted by Crippen LogP contribution is 2.55. The van der Waals surface area contributed by atoms with Crippen molar-refractivity contribution < 1.29 is 45.7 Å². The smallest absolute Gasteiger partial charge is 0.417 e. The molecule has 0 aliphatic carbocycles. The van der Waals surface area contributed by atoms with E-state index in [1.165, 1.54) is 6.92 Å². The molecule has 0 saturated carbocycles. The zero-order valence-corrected chi connectivity index (χ0v) is 19.7. The molecule has 3 rings (SSSR count). The highest BCUT2D eigenvalue weighted by Gasteiger charge is 2.66. The molecule has 7 nitrogen and oxygen atoms in total. The van der Waals surface area contributed by atoms with E-state index in [0.29, 0.717) is 6.07 Å². The third kappa shape index (κ3) is 4.62. The van der Waals surface area contributed by atoms with Crippen LogP contribution in [0.25, 0.3) is 0 Å². The van der Waals surface area contributed by atoms with Crippen molar-refractivity contribution in [2.45, 2.75) is 50.1 Å². The zero-order valence-electron chi connectivity index (χ0n) is 19.7. The fourth-order valence-electron chi connectivity index (χ4n) is 4.17. The zero-order chi connectivity index (χ0) is 27.2. The molecule has 2 heterocycles. The number of aromatic nitrogens is 1. The molecule has 13 heteroatoms. The van der Waals surface area contributed by atoms with Crippen molar-refractivity contribution in [1.29, 1.82) is 0 Å². The number of methoxy groups -OCH3 is 1. The number of anilines is 1. The molecule has 5 atom stereocenters. The van der Waals surface area contributed by atoms with Gasteiger partial charge in [-0.2, -0.15) is 17.6 Å². The molecule has 36 heavy (non-hydrogen) atoms. The van der Waals surface area contributed by atoms with Crippen molar-refractivity contribution in [1.82, 2.24) is 4.98 Å². The number of nitrogens with two attached hydrogens (primary N) is 1. The van der Waals surface area contributed by atoms with Gasteiger partial charge in [0.1, 0.15) is 6.10 Å². The second kappa shape index (κ2) is 9.52. The van der Waals surface area contributed by atoms with Crippen LogP contribution in [0, 0.1) is 23.4 Å². The first-order valence-electron chi connectivity index (χ1n) is 10.7. The number of aliphatic hydroxyl groups is 1. The van der Waals surface area contributed by atoms with Crippen LogP contribution in [-0.2, 0) is 15.1 Å². The van der Waals surface area contributed by atoms with Crippen molar-refractivity contribution in [2.24, 2.45) is 11.7 Å². The summed E-state index contributed by atoms with van der Waals surface area (Å²) in [7, 11) is 0.999. The van der Waals surface area contributed by atoms with Crippen LogP contribution in [-0.4, -0.2) is 47.6 Å². The van der Waals surface area contributed by atoms with Gasteiger partial charge in [0.25, 0.3) is 5.91 Å². The van der Waals surface area contributed by atoms with E-state index in [1.54, 1.807) is 0 Å². The maximum atomic E-state index is 14.5. The maximum absolute atomic E-state index is 14.5. The molecule has 0 spiro atoms. The van der Waals surface area contributed by atoms with Gasteiger partial charge >= 0.3 is 6.18 Å². The standard InChI is InChI=1S/C23H25F6N3O4/c1-10-16(11-5-6-12(24)17(26)18(11)35-4)19(36-22(10,3)23(27,28)29)20(34)32-14-7-15(21(2,30)9-33)31-8-13(14)25/h5-8,10,16,19,33H,9,30H2,1-4H3,(H,31,32,34)/t10-,16-,19+,21?,22+/m0/s1. The number of alkyl halides is 3. The van der Waals surface area contributed by atoms with Crippen molar-refractivity contribution in [3.8, 4) is 5.75 Å². The number of carbonyl (C=O) groups is 1. The lowest BCUT2D eigenvalue weighted by Gasteiger charge is -2.32. The van der Waals surface area contributed by atoms with Crippen molar-refractivity contribution in [3.05, 3.63) is 53.1 Å². The number of nitrogens with one attached hydrogen (secondary N) is 1. The summed E-state index contributed by atoms with van der Waals surface area (Å²) < 4.78 is 94.9. The number of amides is 1. The van der Waals surface area contributed by atoms with E-state index in [2.05, 4.69) is 10.3 Å². The van der Waals surface area contributed by atoms with E-state index in [-0.39, 0.29) is 11.3 Å². The van der Waals surface area contributed by atoms with Gasteiger partial charge in [-0.15, -0.1) is 0 Å². The largest absolute Gasteiger partial charge is 0.493 e. The number of halogens is 6. The summed E-state index contributed by atoms with van der Waals surface area (Å²) in [5.74, 6) is -8.61. The third-order valence-corrected chi connectivity index (χ3v) is 6.60. The van der Waals surface area contributed by atoms with Gasteiger partial charge in [-0.05, 0) is 26.0 Å². The summed E-state index contributed by atoms with van der Waals surface area (Å²) in [5, 5.41) is 11.6. The minimum absolute atomic E-state index is 0.0126. The lowest BCUT2D eigenvalue weighted by Crippen LogP contribution is -2.47. The van der Waals surface area contributed by atoms with Crippen LogP contribution in [0.2, 0.25) is 0 Å². The molecule has 1 aliphatic rings. The molecule has 1 aromatic heterocycles. The predicted molar refractivity (Wildman–Crippen MR) is 116 cm³/mol. The highest BCUT2D eigenvalue weighted by molar-refractivity contribution is 5.95. The molecule has 0 radical (unpaired) electrons. The first-order valence-corrected chi connectivity index (χ1v) is 10.7. The topological polar surface area (TPSA) is 107 Å². The minimum atomic E-state index is -4.96. The molecule has 1 amide bonds. The van der Waals surface area contributed by atoms with Crippen LogP contribution in [0.5, 0.6) is 5.75 Å². The molecule has 1 aliphatic heterocycles. The van der Waals surface area contributed by atoms with Gasteiger partial charge in [-0.1, -0.05) is 13.0 Å². The van der Waals surface area contributed by atoms with Gasteiger partial charge in [0, 0.05) is 17.4 Å². The Bertz CT molecular complexity index is 1160. The molecule has 1 fully saturated rings. The Labute approximate surface area is 202 Å². The van der Waals surface area contributed by atoms with Gasteiger partial charge in [0.2, 0.25) is 5.82 Å². The molecule has 0 bridgehead atoms. The highest BCUT2D eigenvalue weighted by atomic mass is 19.4. The predicted octanol–water partition coefficient (Wildman–Crippen LogP) is 3.75. The average Bonchev–Trinajstić information content (AvgIpc) is 3.08. The number of rotatable bonds is 6. The number of aliphatic hydroxyl groups excluding tert-OH is 1. The molecule has 1 unspecified atom stereocenters. The lowest BCUT2D eigenvalue weighted by atomic mass is 9.77. The van der Waals surface area contributed by atoms with Crippen LogP contribution in [0.4, 0.5) is 32.0 Å². The first kappa shape index (κ1) is 27.7. The summed E-state index contributed by atoms with van der Waals surface area (Å²) in [4.78, 5) is 17.0. The Kier molecular flexibility index (Phi) is 7.32. The van der Waals surface area contributed by atoms with Crippen molar-refractivity contribution in [3.63, 3.8) is 0 Å². The summed E-state index contributed by atoms with van der Waals surface area (Å²) in [6.07, 6.45) is -6.15. The quantitative estimate of drug-likeness (QED) is 0.500. The van der Waals surface area contributed by atoms with Gasteiger partial charge in [-0.3, -0.25) is 9.78 Å². The Balaban J connectivity index is 2.09. The second-order valence-electron chi connectivity index (χ2n) is 9.06. The van der Waals surface area contributed by atoms with E-state index >= 15 is 0 Å². The summed E-state index contributed by atoms with van der Waals surface area (Å²) in [5.41, 5.74) is 0.875. The summed E-state index contributed by atoms with van der Waals surface area (Å²) >= 11 is 0. The lowest BCUT2D eigenvalue weighted by molar-refractivity contribution is -0.272.